The molecule has 0 saturated heterocycles. The first-order valence-electron chi connectivity index (χ1n) is 9.69. The van der Waals surface area contributed by atoms with Gasteiger partial charge >= 0.3 is 0 Å². The smallest absolute Gasteiger partial charge is 0.259 e. The van der Waals surface area contributed by atoms with Gasteiger partial charge in [0, 0.05) is 23.0 Å². The van der Waals surface area contributed by atoms with Crippen LogP contribution in [-0.2, 0) is 13.0 Å². The molecule has 2 aromatic carbocycles. The minimum atomic E-state index is -0.164. The Kier molecular flexibility index (Phi) is 4.53. The van der Waals surface area contributed by atoms with E-state index in [0.29, 0.717) is 17.8 Å². The fourth-order valence-electron chi connectivity index (χ4n) is 4.11. The van der Waals surface area contributed by atoms with Crippen LogP contribution in [0.15, 0.2) is 59.4 Å². The van der Waals surface area contributed by atoms with E-state index in [2.05, 4.69) is 9.88 Å². The Labute approximate surface area is 171 Å². The lowest BCUT2D eigenvalue weighted by Gasteiger charge is -2.35. The van der Waals surface area contributed by atoms with Crippen LogP contribution in [0.4, 0.5) is 4.39 Å². The van der Waals surface area contributed by atoms with Crippen molar-refractivity contribution in [3.63, 3.8) is 0 Å². The molecule has 1 unspecified atom stereocenters. The number of nitrogens with zero attached hydrogens (tertiary/aromatic N) is 2. The van der Waals surface area contributed by atoms with Crippen LogP contribution >= 0.6 is 11.3 Å². The normalized spacial score (nSPS) is 16.8. The number of nitrogens with one attached hydrogen (secondary N) is 1. The van der Waals surface area contributed by atoms with E-state index in [1.807, 2.05) is 49.4 Å². The predicted molar refractivity (Wildman–Crippen MR) is 115 cm³/mol. The molecular formula is C23H20FN3OS. The molecule has 0 aliphatic carbocycles. The lowest BCUT2D eigenvalue weighted by atomic mass is 9.93. The lowest BCUT2D eigenvalue weighted by Crippen LogP contribution is -2.35. The monoisotopic (exact) mass is 405 g/mol. The molecule has 0 spiro atoms. The van der Waals surface area contributed by atoms with Crippen LogP contribution < -0.4 is 5.56 Å². The molecule has 0 saturated carbocycles. The summed E-state index contributed by atoms with van der Waals surface area (Å²) in [6.45, 7) is 3.30. The second-order valence-electron chi connectivity index (χ2n) is 7.42. The van der Waals surface area contributed by atoms with Gasteiger partial charge in [-0.15, -0.1) is 11.3 Å². The van der Waals surface area contributed by atoms with E-state index in [1.165, 1.54) is 17.4 Å². The predicted octanol–water partition coefficient (Wildman–Crippen LogP) is 4.91. The maximum Gasteiger partial charge on any atom is 0.259 e. The Morgan fingerprint density at radius 2 is 2.03 bits per heavy atom. The van der Waals surface area contributed by atoms with Crippen molar-refractivity contribution in [1.29, 1.82) is 0 Å². The maximum absolute atomic E-state index is 14.4. The number of hydrogen-bond acceptors (Lipinski definition) is 4. The third-order valence-corrected chi connectivity index (χ3v) is 6.72. The summed E-state index contributed by atoms with van der Waals surface area (Å²) in [5, 5.41) is 0.612. The Morgan fingerprint density at radius 3 is 2.86 bits per heavy atom. The summed E-state index contributed by atoms with van der Waals surface area (Å²) in [5.74, 6) is 0.456. The lowest BCUT2D eigenvalue weighted by molar-refractivity contribution is 0.180. The quantitative estimate of drug-likeness (QED) is 0.527. The summed E-state index contributed by atoms with van der Waals surface area (Å²) in [5.41, 5.74) is 2.77. The highest BCUT2D eigenvalue weighted by Gasteiger charge is 2.27. The van der Waals surface area contributed by atoms with Crippen molar-refractivity contribution >= 4 is 21.6 Å². The summed E-state index contributed by atoms with van der Waals surface area (Å²) in [6, 6.07) is 17.1. The zero-order valence-electron chi connectivity index (χ0n) is 16.0. The number of aromatic nitrogens is 2. The van der Waals surface area contributed by atoms with E-state index in [1.54, 1.807) is 6.07 Å². The third-order valence-electron chi connectivity index (χ3n) is 5.64. The Morgan fingerprint density at radius 1 is 1.21 bits per heavy atom. The molecule has 1 aliphatic heterocycles. The molecule has 3 heterocycles. The van der Waals surface area contributed by atoms with E-state index in [9.17, 15) is 9.18 Å². The van der Waals surface area contributed by atoms with Gasteiger partial charge in [-0.3, -0.25) is 9.69 Å². The number of rotatable bonds is 3. The van der Waals surface area contributed by atoms with Gasteiger partial charge in [0.15, 0.2) is 0 Å². The van der Waals surface area contributed by atoms with Crippen molar-refractivity contribution in [1.82, 2.24) is 14.9 Å². The minimum absolute atomic E-state index is 0.0656. The molecule has 4 nitrogen and oxygen atoms in total. The first-order chi connectivity index (χ1) is 14.1. The molecule has 1 N–H and O–H groups in total. The van der Waals surface area contributed by atoms with Gasteiger partial charge < -0.3 is 4.98 Å². The van der Waals surface area contributed by atoms with Crippen molar-refractivity contribution in [2.45, 2.75) is 25.9 Å². The molecule has 0 fully saturated rings. The number of fused-ring (bicyclic) bond motifs is 2. The van der Waals surface area contributed by atoms with E-state index >= 15 is 0 Å². The molecule has 4 aromatic rings. The summed E-state index contributed by atoms with van der Waals surface area (Å²) in [7, 11) is 0. The molecule has 29 heavy (non-hydrogen) atoms. The third kappa shape index (κ3) is 3.28. The summed E-state index contributed by atoms with van der Waals surface area (Å²) in [6.07, 6.45) is 0.793. The summed E-state index contributed by atoms with van der Waals surface area (Å²) in [4.78, 5) is 24.2. The Bertz CT molecular complexity index is 1250. The molecule has 6 heteroatoms. The SMILES string of the molecule is CC1c2c(F)cccc2CCN1Cc1nc2sc(-c3ccccc3)cc2c(=O)[nH]1. The van der Waals surface area contributed by atoms with Crippen molar-refractivity contribution in [3.05, 3.63) is 87.7 Å². The van der Waals surface area contributed by atoms with Gasteiger partial charge in [0.05, 0.1) is 11.9 Å². The number of hydrogen-bond donors (Lipinski definition) is 1. The molecule has 5 rings (SSSR count). The molecule has 1 atom stereocenters. The van der Waals surface area contributed by atoms with Gasteiger partial charge in [-0.25, -0.2) is 9.37 Å². The number of benzene rings is 2. The van der Waals surface area contributed by atoms with Gasteiger partial charge in [0.1, 0.15) is 16.5 Å². The Hall–Kier alpha value is -2.83. The highest BCUT2D eigenvalue weighted by atomic mass is 32.1. The molecule has 0 bridgehead atoms. The van der Waals surface area contributed by atoms with Crippen molar-refractivity contribution in [2.24, 2.45) is 0 Å². The van der Waals surface area contributed by atoms with Crippen LogP contribution in [0, 0.1) is 5.82 Å². The van der Waals surface area contributed by atoms with Gasteiger partial charge in [-0.1, -0.05) is 42.5 Å². The average molecular weight is 405 g/mol. The number of H-pyrrole nitrogens is 1. The molecule has 0 amide bonds. The molecule has 0 radical (unpaired) electrons. The van der Waals surface area contributed by atoms with E-state index in [-0.39, 0.29) is 17.4 Å². The molecule has 2 aromatic heterocycles. The minimum Gasteiger partial charge on any atom is -0.309 e. The average Bonchev–Trinajstić information content (AvgIpc) is 3.16. The van der Waals surface area contributed by atoms with Crippen LogP contribution in [0.5, 0.6) is 0 Å². The first-order valence-corrected chi connectivity index (χ1v) is 10.5. The zero-order valence-corrected chi connectivity index (χ0v) is 16.8. The second-order valence-corrected chi connectivity index (χ2v) is 8.45. The first kappa shape index (κ1) is 18.2. The van der Waals surface area contributed by atoms with E-state index < -0.39 is 0 Å². The largest absolute Gasteiger partial charge is 0.309 e. The summed E-state index contributed by atoms with van der Waals surface area (Å²) < 4.78 is 14.4. The fraction of sp³-hybridized carbons (Fsp3) is 0.217. The topological polar surface area (TPSA) is 49.0 Å². The standard InChI is InChI=1S/C23H20FN3OS/c1-14-21-16(8-5-9-18(21)24)10-11-27(14)13-20-25-22(28)17-12-19(29-23(17)26-20)15-6-3-2-4-7-15/h2-9,12,14H,10-11,13H2,1H3,(H,25,26,28). The van der Waals surface area contributed by atoms with E-state index in [0.717, 1.165) is 39.4 Å². The van der Waals surface area contributed by atoms with Crippen molar-refractivity contribution in [2.75, 3.05) is 6.54 Å². The molecule has 1 aliphatic rings. The van der Waals surface area contributed by atoms with Gasteiger partial charge in [0.2, 0.25) is 0 Å². The van der Waals surface area contributed by atoms with Crippen LogP contribution in [0.25, 0.3) is 20.7 Å². The van der Waals surface area contributed by atoms with Gasteiger partial charge in [0.25, 0.3) is 5.56 Å². The molecule has 146 valence electrons. The van der Waals surface area contributed by atoms with Gasteiger partial charge in [-0.05, 0) is 36.6 Å². The summed E-state index contributed by atoms with van der Waals surface area (Å²) >= 11 is 1.52. The van der Waals surface area contributed by atoms with Crippen molar-refractivity contribution in [3.8, 4) is 10.4 Å². The fourth-order valence-corrected chi connectivity index (χ4v) is 5.17. The zero-order chi connectivity index (χ0) is 20.0. The van der Waals surface area contributed by atoms with Crippen LogP contribution in [-0.4, -0.2) is 21.4 Å². The number of halogens is 1. The maximum atomic E-state index is 14.4. The van der Waals surface area contributed by atoms with E-state index in [4.69, 9.17) is 4.98 Å². The highest BCUT2D eigenvalue weighted by Crippen LogP contribution is 2.33. The molecular weight excluding hydrogens is 385 g/mol. The number of aromatic amines is 1. The number of thiophene rings is 1. The van der Waals surface area contributed by atoms with Crippen LogP contribution in [0.1, 0.15) is 29.9 Å². The van der Waals surface area contributed by atoms with Crippen LogP contribution in [0.3, 0.4) is 0 Å². The Balaban J connectivity index is 1.47. The van der Waals surface area contributed by atoms with Gasteiger partial charge in [-0.2, -0.15) is 0 Å². The highest BCUT2D eigenvalue weighted by molar-refractivity contribution is 7.21. The van der Waals surface area contributed by atoms with Crippen LogP contribution in [0.2, 0.25) is 0 Å². The second kappa shape index (κ2) is 7.21. The van der Waals surface area contributed by atoms with Crippen molar-refractivity contribution < 1.29 is 4.39 Å².